The Morgan fingerprint density at radius 2 is 2.03 bits per heavy atom. The van der Waals surface area contributed by atoms with Crippen LogP contribution in [0.5, 0.6) is 0 Å². The molecule has 1 saturated heterocycles. The standard InChI is InChI=1S/C23H27N7/c1-17(2)29-14-18(11-25-29)13-28-10-4-6-21(15-28)23-26-22-8-7-20(16-30(22)27-23)19-5-3-9-24-12-19/h3,5,7-9,11-12,14,16-17,21H,4,6,10,13,15H2,1-2H3/t21-/m1/s1. The molecule has 154 valence electrons. The van der Waals surface area contributed by atoms with E-state index < -0.39 is 0 Å². The van der Waals surface area contributed by atoms with Gasteiger partial charge in [-0.2, -0.15) is 10.2 Å². The summed E-state index contributed by atoms with van der Waals surface area (Å²) in [6, 6.07) is 8.54. The molecule has 4 aromatic rings. The Bertz CT molecular complexity index is 1130. The molecule has 0 N–H and O–H groups in total. The quantitative estimate of drug-likeness (QED) is 0.507. The summed E-state index contributed by atoms with van der Waals surface area (Å²) in [4.78, 5) is 11.6. The molecule has 0 bridgehead atoms. The predicted molar refractivity (Wildman–Crippen MR) is 116 cm³/mol. The van der Waals surface area contributed by atoms with E-state index in [1.54, 1.807) is 6.20 Å². The molecule has 7 heteroatoms. The highest BCUT2D eigenvalue weighted by Gasteiger charge is 2.25. The molecule has 0 saturated carbocycles. The molecule has 1 fully saturated rings. The van der Waals surface area contributed by atoms with E-state index in [-0.39, 0.29) is 0 Å². The minimum absolute atomic E-state index is 0.362. The first-order valence-electron chi connectivity index (χ1n) is 10.7. The van der Waals surface area contributed by atoms with Crippen LogP contribution < -0.4 is 0 Å². The Labute approximate surface area is 176 Å². The first kappa shape index (κ1) is 18.9. The summed E-state index contributed by atoms with van der Waals surface area (Å²) in [5, 5.41) is 9.31. The number of hydrogen-bond acceptors (Lipinski definition) is 5. The highest BCUT2D eigenvalue weighted by Crippen LogP contribution is 2.27. The lowest BCUT2D eigenvalue weighted by Crippen LogP contribution is -2.34. The lowest BCUT2D eigenvalue weighted by Gasteiger charge is -2.30. The van der Waals surface area contributed by atoms with Crippen molar-refractivity contribution in [3.05, 3.63) is 66.6 Å². The molecule has 1 aliphatic rings. The van der Waals surface area contributed by atoms with Crippen LogP contribution in [0.1, 0.15) is 50.0 Å². The number of hydrogen-bond donors (Lipinski definition) is 0. The lowest BCUT2D eigenvalue weighted by atomic mass is 9.97. The fraction of sp³-hybridized carbons (Fsp3) is 0.391. The molecule has 0 aliphatic carbocycles. The van der Waals surface area contributed by atoms with Gasteiger partial charge in [-0.1, -0.05) is 6.07 Å². The molecule has 5 heterocycles. The van der Waals surface area contributed by atoms with E-state index in [9.17, 15) is 0 Å². The third-order valence-corrected chi connectivity index (χ3v) is 5.80. The summed E-state index contributed by atoms with van der Waals surface area (Å²) in [5.74, 6) is 1.31. The van der Waals surface area contributed by atoms with Crippen molar-refractivity contribution in [3.63, 3.8) is 0 Å². The summed E-state index contributed by atoms with van der Waals surface area (Å²) >= 11 is 0. The molecule has 30 heavy (non-hydrogen) atoms. The summed E-state index contributed by atoms with van der Waals surface area (Å²) < 4.78 is 3.93. The van der Waals surface area contributed by atoms with Gasteiger partial charge in [-0.15, -0.1) is 0 Å². The SMILES string of the molecule is CC(C)n1cc(CN2CCC[C@@H](c3nc4ccc(-c5cccnc5)cn4n3)C2)cn1. The summed E-state index contributed by atoms with van der Waals surface area (Å²) in [5.41, 5.74) is 4.35. The maximum atomic E-state index is 4.83. The lowest BCUT2D eigenvalue weighted by molar-refractivity contribution is 0.196. The fourth-order valence-corrected chi connectivity index (χ4v) is 4.19. The van der Waals surface area contributed by atoms with Gasteiger partial charge in [0.15, 0.2) is 11.5 Å². The average Bonchev–Trinajstić information content (AvgIpc) is 3.41. The Balaban J connectivity index is 1.33. The number of piperidine rings is 1. The Hall–Kier alpha value is -3.06. The predicted octanol–water partition coefficient (Wildman–Crippen LogP) is 3.95. The Morgan fingerprint density at radius 1 is 1.10 bits per heavy atom. The molecule has 4 aromatic heterocycles. The van der Waals surface area contributed by atoms with Crippen molar-refractivity contribution in [2.75, 3.05) is 13.1 Å². The van der Waals surface area contributed by atoms with Gasteiger partial charge in [-0.3, -0.25) is 14.6 Å². The van der Waals surface area contributed by atoms with Crippen molar-refractivity contribution in [1.29, 1.82) is 0 Å². The highest BCUT2D eigenvalue weighted by molar-refractivity contribution is 5.63. The summed E-state index contributed by atoms with van der Waals surface area (Å²) in [7, 11) is 0. The van der Waals surface area contributed by atoms with Crippen molar-refractivity contribution in [2.45, 2.75) is 45.2 Å². The molecule has 0 unspecified atom stereocenters. The van der Waals surface area contributed by atoms with Gasteiger partial charge < -0.3 is 0 Å². The van der Waals surface area contributed by atoms with Crippen LogP contribution in [0.25, 0.3) is 16.8 Å². The normalized spacial score (nSPS) is 17.8. The van der Waals surface area contributed by atoms with E-state index in [0.29, 0.717) is 12.0 Å². The average molecular weight is 402 g/mol. The molecule has 0 radical (unpaired) electrons. The summed E-state index contributed by atoms with van der Waals surface area (Å²) in [6.45, 7) is 7.34. The van der Waals surface area contributed by atoms with Crippen LogP contribution in [-0.2, 0) is 6.54 Å². The minimum atomic E-state index is 0.362. The van der Waals surface area contributed by atoms with Gasteiger partial charge in [-0.25, -0.2) is 9.50 Å². The van der Waals surface area contributed by atoms with Crippen LogP contribution in [-0.4, -0.2) is 47.4 Å². The van der Waals surface area contributed by atoms with E-state index >= 15 is 0 Å². The molecule has 0 aromatic carbocycles. The van der Waals surface area contributed by atoms with E-state index in [1.165, 1.54) is 12.0 Å². The van der Waals surface area contributed by atoms with Gasteiger partial charge in [0.05, 0.1) is 6.20 Å². The second-order valence-corrected chi connectivity index (χ2v) is 8.43. The first-order valence-corrected chi connectivity index (χ1v) is 10.7. The molecule has 7 nitrogen and oxygen atoms in total. The van der Waals surface area contributed by atoms with Gasteiger partial charge in [0, 0.05) is 66.5 Å². The van der Waals surface area contributed by atoms with Crippen LogP contribution in [0.3, 0.4) is 0 Å². The molecular weight excluding hydrogens is 374 g/mol. The molecule has 0 amide bonds. The van der Waals surface area contributed by atoms with E-state index in [2.05, 4.69) is 47.2 Å². The van der Waals surface area contributed by atoms with Crippen LogP contribution in [0.2, 0.25) is 0 Å². The van der Waals surface area contributed by atoms with E-state index in [1.807, 2.05) is 39.9 Å². The fourth-order valence-electron chi connectivity index (χ4n) is 4.19. The van der Waals surface area contributed by atoms with E-state index in [0.717, 1.165) is 48.7 Å². The van der Waals surface area contributed by atoms with Crippen molar-refractivity contribution < 1.29 is 0 Å². The van der Waals surface area contributed by atoms with Crippen LogP contribution >= 0.6 is 0 Å². The number of fused-ring (bicyclic) bond motifs is 1. The van der Waals surface area contributed by atoms with Crippen LogP contribution in [0.15, 0.2) is 55.2 Å². The zero-order valence-electron chi connectivity index (χ0n) is 17.5. The van der Waals surface area contributed by atoms with Crippen molar-refractivity contribution >= 4 is 5.65 Å². The third kappa shape index (κ3) is 3.85. The zero-order chi connectivity index (χ0) is 20.5. The monoisotopic (exact) mass is 401 g/mol. The minimum Gasteiger partial charge on any atom is -0.298 e. The first-order chi connectivity index (χ1) is 14.7. The van der Waals surface area contributed by atoms with Gasteiger partial charge in [-0.05, 0) is 51.4 Å². The van der Waals surface area contributed by atoms with Crippen molar-refractivity contribution in [1.82, 2.24) is 34.3 Å². The molecule has 1 aliphatic heterocycles. The number of rotatable bonds is 5. The smallest absolute Gasteiger partial charge is 0.156 e. The van der Waals surface area contributed by atoms with Gasteiger partial charge in [0.1, 0.15) is 0 Å². The maximum Gasteiger partial charge on any atom is 0.156 e. The van der Waals surface area contributed by atoms with Crippen LogP contribution in [0, 0.1) is 0 Å². The second kappa shape index (κ2) is 7.99. The van der Waals surface area contributed by atoms with Gasteiger partial charge >= 0.3 is 0 Å². The third-order valence-electron chi connectivity index (χ3n) is 5.80. The topological polar surface area (TPSA) is 64.1 Å². The molecular formula is C23H27N7. The maximum absolute atomic E-state index is 4.83. The van der Waals surface area contributed by atoms with Crippen molar-refractivity contribution in [2.24, 2.45) is 0 Å². The van der Waals surface area contributed by atoms with Crippen molar-refractivity contribution in [3.8, 4) is 11.1 Å². The largest absolute Gasteiger partial charge is 0.298 e. The number of nitrogens with zero attached hydrogens (tertiary/aromatic N) is 7. The second-order valence-electron chi connectivity index (χ2n) is 8.43. The molecule has 1 atom stereocenters. The van der Waals surface area contributed by atoms with Gasteiger partial charge in [0.2, 0.25) is 0 Å². The zero-order valence-corrected chi connectivity index (χ0v) is 17.5. The van der Waals surface area contributed by atoms with E-state index in [4.69, 9.17) is 10.1 Å². The number of likely N-dealkylation sites (tertiary alicyclic amines) is 1. The Kier molecular flexibility index (Phi) is 5.04. The van der Waals surface area contributed by atoms with Gasteiger partial charge in [0.25, 0.3) is 0 Å². The number of pyridine rings is 2. The number of aromatic nitrogens is 6. The molecule has 0 spiro atoms. The Morgan fingerprint density at radius 3 is 2.83 bits per heavy atom. The van der Waals surface area contributed by atoms with Crippen LogP contribution in [0.4, 0.5) is 0 Å². The highest BCUT2D eigenvalue weighted by atomic mass is 15.3. The summed E-state index contributed by atoms with van der Waals surface area (Å²) in [6.07, 6.45) is 12.2. The molecule has 5 rings (SSSR count).